The molecule has 0 aliphatic rings. The number of benzene rings is 2. The zero-order valence-electron chi connectivity index (χ0n) is 21.3. The number of esters is 2. The zero-order valence-corrected chi connectivity index (χ0v) is 22.0. The molecule has 2 N–H and O–H groups in total. The van der Waals surface area contributed by atoms with E-state index in [9.17, 15) is 14.4 Å². The van der Waals surface area contributed by atoms with Crippen LogP contribution in [0.15, 0.2) is 42.5 Å². The van der Waals surface area contributed by atoms with Gasteiger partial charge in [-0.15, -0.1) is 0 Å². The van der Waals surface area contributed by atoms with E-state index in [0.29, 0.717) is 30.2 Å². The number of ether oxygens (including phenoxy) is 3. The van der Waals surface area contributed by atoms with Crippen LogP contribution in [0.5, 0.6) is 5.75 Å². The van der Waals surface area contributed by atoms with Crippen LogP contribution in [-0.2, 0) is 30.3 Å². The molecule has 2 rings (SSSR count). The Morgan fingerprint density at radius 3 is 2.39 bits per heavy atom. The summed E-state index contributed by atoms with van der Waals surface area (Å²) in [7, 11) is 0. The average Bonchev–Trinajstić information content (AvgIpc) is 2.81. The maximum atomic E-state index is 11.6. The van der Waals surface area contributed by atoms with Crippen molar-refractivity contribution in [3.05, 3.63) is 53.1 Å². The number of hydrogen-bond donors (Lipinski definition) is 1. The van der Waals surface area contributed by atoms with Gasteiger partial charge in [-0.2, -0.15) is 0 Å². The molecule has 0 aliphatic carbocycles. The van der Waals surface area contributed by atoms with Gasteiger partial charge in [0.05, 0.1) is 24.7 Å². The first-order valence-corrected chi connectivity index (χ1v) is 12.7. The average molecular weight is 518 g/mol. The van der Waals surface area contributed by atoms with Crippen LogP contribution in [0.4, 0.5) is 0 Å². The molecule has 2 aromatic rings. The smallest absolute Gasteiger partial charge is 0.302 e. The van der Waals surface area contributed by atoms with Gasteiger partial charge in [0.25, 0.3) is 0 Å². The van der Waals surface area contributed by atoms with Crippen molar-refractivity contribution in [2.75, 3.05) is 13.2 Å². The fourth-order valence-corrected chi connectivity index (χ4v) is 4.14. The second-order valence-corrected chi connectivity index (χ2v) is 9.23. The molecular formula is C28H36ClNO6. The molecule has 0 fully saturated rings. The summed E-state index contributed by atoms with van der Waals surface area (Å²) >= 11 is 6.47. The third kappa shape index (κ3) is 10.3. The van der Waals surface area contributed by atoms with Gasteiger partial charge >= 0.3 is 11.9 Å². The quantitative estimate of drug-likeness (QED) is 0.247. The molecule has 36 heavy (non-hydrogen) atoms. The van der Waals surface area contributed by atoms with Crippen molar-refractivity contribution in [2.45, 2.75) is 65.4 Å². The minimum atomic E-state index is -0.772. The summed E-state index contributed by atoms with van der Waals surface area (Å²) in [5, 5.41) is 0.562. The van der Waals surface area contributed by atoms with Crippen molar-refractivity contribution in [1.29, 1.82) is 0 Å². The van der Waals surface area contributed by atoms with Crippen molar-refractivity contribution < 1.29 is 28.6 Å². The lowest BCUT2D eigenvalue weighted by Crippen LogP contribution is -2.34. The van der Waals surface area contributed by atoms with Crippen LogP contribution in [-0.4, -0.2) is 37.2 Å². The summed E-state index contributed by atoms with van der Waals surface area (Å²) in [6, 6.07) is 13.8. The van der Waals surface area contributed by atoms with Gasteiger partial charge in [0.15, 0.2) is 0 Å². The Kier molecular flexibility index (Phi) is 12.3. The number of rotatable bonds is 15. The van der Waals surface area contributed by atoms with Crippen molar-refractivity contribution in [2.24, 2.45) is 11.7 Å². The summed E-state index contributed by atoms with van der Waals surface area (Å²) in [6.45, 7) is 5.39. The normalized spacial score (nSPS) is 12.4. The number of unbranched alkanes of at least 4 members (excludes halogenated alkanes) is 2. The molecule has 8 heteroatoms. The summed E-state index contributed by atoms with van der Waals surface area (Å²) in [6.07, 6.45) is 3.46. The highest BCUT2D eigenvalue weighted by Crippen LogP contribution is 2.31. The minimum absolute atomic E-state index is 0.0234. The van der Waals surface area contributed by atoms with Gasteiger partial charge in [-0.3, -0.25) is 14.4 Å². The van der Waals surface area contributed by atoms with Crippen molar-refractivity contribution in [1.82, 2.24) is 0 Å². The van der Waals surface area contributed by atoms with Crippen LogP contribution < -0.4 is 10.5 Å². The summed E-state index contributed by atoms with van der Waals surface area (Å²) in [4.78, 5) is 34.5. The van der Waals surface area contributed by atoms with Crippen LogP contribution in [0.3, 0.4) is 0 Å². The largest absolute Gasteiger partial charge is 0.492 e. The van der Waals surface area contributed by atoms with E-state index >= 15 is 0 Å². The molecule has 2 atom stereocenters. The van der Waals surface area contributed by atoms with Crippen molar-refractivity contribution in [3.8, 4) is 16.9 Å². The molecule has 7 nitrogen and oxygen atoms in total. The Morgan fingerprint density at radius 2 is 1.75 bits per heavy atom. The van der Waals surface area contributed by atoms with Crippen LogP contribution in [0.1, 0.15) is 58.4 Å². The predicted octanol–water partition coefficient (Wildman–Crippen LogP) is 5.50. The number of carbonyl (C=O) groups excluding carboxylic acids is 3. The fraction of sp³-hybridized carbons (Fsp3) is 0.464. The molecular weight excluding hydrogens is 482 g/mol. The van der Waals surface area contributed by atoms with Crippen molar-refractivity contribution >= 4 is 29.4 Å². The molecule has 2 unspecified atom stereocenters. The number of carbonyl (C=O) groups is 3. The monoisotopic (exact) mass is 517 g/mol. The Hall–Kier alpha value is -3.06. The van der Waals surface area contributed by atoms with Crippen LogP contribution in [0.2, 0.25) is 5.02 Å². The van der Waals surface area contributed by atoms with Crippen LogP contribution in [0.25, 0.3) is 11.1 Å². The van der Waals surface area contributed by atoms with Crippen LogP contribution >= 0.6 is 11.6 Å². The Bertz CT molecular complexity index is 1010. The minimum Gasteiger partial charge on any atom is -0.492 e. The maximum absolute atomic E-state index is 11.6. The molecule has 0 saturated heterocycles. The van der Waals surface area contributed by atoms with E-state index in [0.717, 1.165) is 36.0 Å². The number of amides is 1. The first kappa shape index (κ1) is 29.2. The highest BCUT2D eigenvalue weighted by molar-refractivity contribution is 6.32. The summed E-state index contributed by atoms with van der Waals surface area (Å²) in [5.41, 5.74) is 8.36. The van der Waals surface area contributed by atoms with E-state index < -0.39 is 23.9 Å². The number of aryl methyl sites for hydroxylation is 1. The Labute approximate surface area is 218 Å². The Balaban J connectivity index is 2.13. The van der Waals surface area contributed by atoms with E-state index in [4.69, 9.17) is 31.5 Å². The molecule has 0 bridgehead atoms. The lowest BCUT2D eigenvalue weighted by molar-refractivity contribution is -0.154. The summed E-state index contributed by atoms with van der Waals surface area (Å²) < 4.78 is 16.3. The van der Waals surface area contributed by atoms with Gasteiger partial charge in [0.2, 0.25) is 5.91 Å². The topological polar surface area (TPSA) is 105 Å². The van der Waals surface area contributed by atoms with Gasteiger partial charge in [0.1, 0.15) is 11.9 Å². The van der Waals surface area contributed by atoms with E-state index in [2.05, 4.69) is 13.0 Å². The summed E-state index contributed by atoms with van der Waals surface area (Å²) in [5.74, 6) is -1.27. The lowest BCUT2D eigenvalue weighted by Gasteiger charge is -2.25. The highest BCUT2D eigenvalue weighted by atomic mass is 35.5. The molecule has 2 aromatic carbocycles. The number of hydrogen-bond acceptors (Lipinski definition) is 6. The molecule has 0 saturated carbocycles. The lowest BCUT2D eigenvalue weighted by atomic mass is 9.92. The van der Waals surface area contributed by atoms with E-state index in [-0.39, 0.29) is 18.9 Å². The molecule has 0 radical (unpaired) electrons. The van der Waals surface area contributed by atoms with Gasteiger partial charge in [-0.05, 0) is 48.1 Å². The molecule has 1 amide bonds. The zero-order chi connectivity index (χ0) is 26.5. The molecule has 0 heterocycles. The van der Waals surface area contributed by atoms with Crippen LogP contribution in [0, 0.1) is 5.92 Å². The fourth-order valence-electron chi connectivity index (χ4n) is 3.91. The second kappa shape index (κ2) is 15.1. The second-order valence-electron chi connectivity index (χ2n) is 8.82. The third-order valence-corrected chi connectivity index (χ3v) is 6.04. The van der Waals surface area contributed by atoms with E-state index in [1.54, 1.807) is 0 Å². The SMILES string of the molecule is CCCCCOc1ccc(-c2cccc(CCC(COC(C)=O)C(CC(N)=O)OC(C)=O)c2)cc1Cl. The Morgan fingerprint density at radius 1 is 1.00 bits per heavy atom. The third-order valence-electron chi connectivity index (χ3n) is 5.75. The molecule has 196 valence electrons. The molecule has 0 aromatic heterocycles. The molecule has 0 aliphatic heterocycles. The number of primary amides is 1. The van der Waals surface area contributed by atoms with Gasteiger partial charge in [-0.1, -0.05) is 61.7 Å². The first-order valence-electron chi connectivity index (χ1n) is 12.3. The molecule has 0 spiro atoms. The number of halogens is 1. The highest BCUT2D eigenvalue weighted by Gasteiger charge is 2.27. The van der Waals surface area contributed by atoms with Gasteiger partial charge < -0.3 is 19.9 Å². The standard InChI is InChI=1S/C28H36ClNO6/c1-4-5-6-14-34-26-13-12-23(16-25(26)29)22-9-7-8-21(15-22)10-11-24(18-35-19(2)31)27(17-28(30)33)36-20(3)32/h7-9,12-13,15-16,24,27H,4-6,10-11,14,17-18H2,1-3H3,(H2,30,33). The van der Waals surface area contributed by atoms with Gasteiger partial charge in [0, 0.05) is 19.8 Å². The first-order chi connectivity index (χ1) is 17.2. The maximum Gasteiger partial charge on any atom is 0.302 e. The van der Waals surface area contributed by atoms with E-state index in [1.165, 1.54) is 13.8 Å². The van der Waals surface area contributed by atoms with E-state index in [1.807, 2.05) is 36.4 Å². The van der Waals surface area contributed by atoms with Crippen molar-refractivity contribution in [3.63, 3.8) is 0 Å². The predicted molar refractivity (Wildman–Crippen MR) is 140 cm³/mol. The number of nitrogens with two attached hydrogens (primary N) is 1. The van der Waals surface area contributed by atoms with Gasteiger partial charge in [-0.25, -0.2) is 0 Å².